The molecular formula is C20H22FN3O3S. The third-order valence-corrected chi connectivity index (χ3v) is 4.99. The zero-order valence-electron chi connectivity index (χ0n) is 16.0. The minimum Gasteiger partial charge on any atom is -0.494 e. The van der Waals surface area contributed by atoms with Crippen molar-refractivity contribution in [2.24, 2.45) is 0 Å². The molecule has 1 N–H and O–H groups in total. The number of rotatable bonds is 8. The lowest BCUT2D eigenvalue weighted by Crippen LogP contribution is -2.27. The Morgan fingerprint density at radius 2 is 2.11 bits per heavy atom. The van der Waals surface area contributed by atoms with E-state index in [4.69, 9.17) is 9.47 Å². The predicted molar refractivity (Wildman–Crippen MR) is 107 cm³/mol. The van der Waals surface area contributed by atoms with E-state index in [0.717, 1.165) is 16.8 Å². The van der Waals surface area contributed by atoms with Crippen LogP contribution < -0.4 is 9.47 Å². The summed E-state index contributed by atoms with van der Waals surface area (Å²) in [4.78, 5) is 21.6. The number of methoxy groups -OCH3 is 1. The number of amides is 1. The molecule has 0 aliphatic carbocycles. The number of hydrogen-bond donors (Lipinski definition) is 1. The molecule has 3 rings (SSSR count). The molecule has 0 aliphatic heterocycles. The van der Waals surface area contributed by atoms with Crippen molar-refractivity contribution in [2.75, 3.05) is 26.5 Å². The van der Waals surface area contributed by atoms with Gasteiger partial charge in [0.1, 0.15) is 5.75 Å². The van der Waals surface area contributed by atoms with Gasteiger partial charge in [-0.1, -0.05) is 17.8 Å². The molecular weight excluding hydrogens is 381 g/mol. The van der Waals surface area contributed by atoms with E-state index in [1.807, 2.05) is 25.1 Å². The fraction of sp³-hybridized carbons (Fsp3) is 0.300. The SMILES string of the molecule is CCOc1ccc2nc(SCC(=O)N(C)Cc3ccc(OC)c(F)c3)[nH]c2c1. The number of nitrogens with one attached hydrogen (secondary N) is 1. The van der Waals surface area contributed by atoms with Crippen LogP contribution in [0.3, 0.4) is 0 Å². The maximum atomic E-state index is 13.8. The number of aromatic nitrogens is 2. The van der Waals surface area contributed by atoms with E-state index in [2.05, 4.69) is 9.97 Å². The first-order valence-electron chi connectivity index (χ1n) is 8.82. The van der Waals surface area contributed by atoms with Crippen LogP contribution in [0.4, 0.5) is 4.39 Å². The lowest BCUT2D eigenvalue weighted by molar-refractivity contribution is -0.127. The van der Waals surface area contributed by atoms with Crippen LogP contribution in [-0.2, 0) is 11.3 Å². The Labute approximate surface area is 167 Å². The highest BCUT2D eigenvalue weighted by molar-refractivity contribution is 7.99. The van der Waals surface area contributed by atoms with Crippen LogP contribution in [-0.4, -0.2) is 47.3 Å². The average molecular weight is 403 g/mol. The normalized spacial score (nSPS) is 10.9. The van der Waals surface area contributed by atoms with Gasteiger partial charge < -0.3 is 19.4 Å². The molecule has 8 heteroatoms. The van der Waals surface area contributed by atoms with E-state index in [-0.39, 0.29) is 17.4 Å². The lowest BCUT2D eigenvalue weighted by atomic mass is 10.2. The molecule has 1 heterocycles. The molecule has 0 aliphatic rings. The second-order valence-corrected chi connectivity index (χ2v) is 7.13. The van der Waals surface area contributed by atoms with Gasteiger partial charge in [-0.2, -0.15) is 0 Å². The van der Waals surface area contributed by atoms with Crippen LogP contribution in [0.15, 0.2) is 41.6 Å². The number of imidazole rings is 1. The summed E-state index contributed by atoms with van der Waals surface area (Å²) in [6.07, 6.45) is 0. The van der Waals surface area contributed by atoms with E-state index in [1.165, 1.54) is 24.9 Å². The van der Waals surface area contributed by atoms with Crippen molar-refractivity contribution < 1.29 is 18.7 Å². The molecule has 6 nitrogen and oxygen atoms in total. The van der Waals surface area contributed by atoms with Crippen LogP contribution in [0.1, 0.15) is 12.5 Å². The molecule has 1 aromatic heterocycles. The molecule has 0 spiro atoms. The molecule has 0 saturated carbocycles. The fourth-order valence-electron chi connectivity index (χ4n) is 2.70. The highest BCUT2D eigenvalue weighted by Gasteiger charge is 2.13. The first-order valence-corrected chi connectivity index (χ1v) is 9.80. The highest BCUT2D eigenvalue weighted by atomic mass is 32.2. The standard InChI is InChI=1S/C20H22FN3O3S/c1-4-27-14-6-7-16-17(10-14)23-20(22-16)28-12-19(25)24(2)11-13-5-8-18(26-3)15(21)9-13/h5-10H,4,11-12H2,1-3H3,(H,22,23). The topological polar surface area (TPSA) is 67.4 Å². The highest BCUT2D eigenvalue weighted by Crippen LogP contribution is 2.24. The number of carbonyl (C=O) groups is 1. The smallest absolute Gasteiger partial charge is 0.233 e. The molecule has 2 aromatic carbocycles. The van der Waals surface area contributed by atoms with Gasteiger partial charge in [0.2, 0.25) is 5.91 Å². The van der Waals surface area contributed by atoms with Gasteiger partial charge in [0, 0.05) is 19.7 Å². The molecule has 0 unspecified atom stereocenters. The molecule has 0 fully saturated rings. The van der Waals surface area contributed by atoms with Gasteiger partial charge in [0.25, 0.3) is 0 Å². The Hall–Kier alpha value is -2.74. The Morgan fingerprint density at radius 1 is 1.29 bits per heavy atom. The summed E-state index contributed by atoms with van der Waals surface area (Å²) < 4.78 is 24.2. The van der Waals surface area contributed by atoms with Crippen LogP contribution in [0, 0.1) is 5.82 Å². The summed E-state index contributed by atoms with van der Waals surface area (Å²) >= 11 is 1.33. The molecule has 3 aromatic rings. The molecule has 28 heavy (non-hydrogen) atoms. The van der Waals surface area contributed by atoms with Gasteiger partial charge in [-0.3, -0.25) is 4.79 Å². The minimum atomic E-state index is -0.441. The molecule has 0 bridgehead atoms. The van der Waals surface area contributed by atoms with Crippen molar-refractivity contribution in [1.82, 2.24) is 14.9 Å². The Balaban J connectivity index is 1.58. The van der Waals surface area contributed by atoms with E-state index in [9.17, 15) is 9.18 Å². The molecule has 1 amide bonds. The second-order valence-electron chi connectivity index (χ2n) is 6.16. The summed E-state index contributed by atoms with van der Waals surface area (Å²) in [5.41, 5.74) is 2.38. The number of H-pyrrole nitrogens is 1. The molecule has 148 valence electrons. The molecule has 0 saturated heterocycles. The molecule has 0 atom stereocenters. The Kier molecular flexibility index (Phi) is 6.41. The number of benzene rings is 2. The average Bonchev–Trinajstić information content (AvgIpc) is 3.08. The summed E-state index contributed by atoms with van der Waals surface area (Å²) in [5, 5.41) is 0.667. The number of carbonyl (C=O) groups excluding carboxylic acids is 1. The minimum absolute atomic E-state index is 0.0725. The summed E-state index contributed by atoms with van der Waals surface area (Å²) in [7, 11) is 3.11. The number of hydrogen-bond acceptors (Lipinski definition) is 5. The third-order valence-electron chi connectivity index (χ3n) is 4.14. The second kappa shape index (κ2) is 8.97. The van der Waals surface area contributed by atoms with Crippen molar-refractivity contribution in [3.63, 3.8) is 0 Å². The van der Waals surface area contributed by atoms with Gasteiger partial charge in [-0.25, -0.2) is 9.37 Å². The number of nitrogens with zero attached hydrogens (tertiary/aromatic N) is 2. The quantitative estimate of drug-likeness (QED) is 0.579. The van der Waals surface area contributed by atoms with Gasteiger partial charge in [0.05, 0.1) is 30.5 Å². The van der Waals surface area contributed by atoms with E-state index < -0.39 is 5.82 Å². The van der Waals surface area contributed by atoms with Crippen LogP contribution in [0.25, 0.3) is 11.0 Å². The van der Waals surface area contributed by atoms with Crippen LogP contribution >= 0.6 is 11.8 Å². The van der Waals surface area contributed by atoms with E-state index in [0.29, 0.717) is 23.9 Å². The first-order chi connectivity index (χ1) is 13.5. The summed E-state index contributed by atoms with van der Waals surface area (Å²) in [6.45, 7) is 2.85. The van der Waals surface area contributed by atoms with E-state index in [1.54, 1.807) is 24.1 Å². The number of thioether (sulfide) groups is 1. The monoisotopic (exact) mass is 403 g/mol. The van der Waals surface area contributed by atoms with Gasteiger partial charge >= 0.3 is 0 Å². The predicted octanol–water partition coefficient (Wildman–Crippen LogP) is 3.86. The van der Waals surface area contributed by atoms with Gasteiger partial charge in [-0.15, -0.1) is 0 Å². The van der Waals surface area contributed by atoms with Crippen molar-refractivity contribution >= 4 is 28.7 Å². The summed E-state index contributed by atoms with van der Waals surface area (Å²) in [5.74, 6) is 0.678. The largest absolute Gasteiger partial charge is 0.494 e. The van der Waals surface area contributed by atoms with Crippen molar-refractivity contribution in [2.45, 2.75) is 18.6 Å². The third kappa shape index (κ3) is 4.75. The number of fused-ring (bicyclic) bond motifs is 1. The Morgan fingerprint density at radius 3 is 2.82 bits per heavy atom. The van der Waals surface area contributed by atoms with E-state index >= 15 is 0 Å². The maximum Gasteiger partial charge on any atom is 0.233 e. The fourth-order valence-corrected chi connectivity index (χ4v) is 3.53. The van der Waals surface area contributed by atoms with Crippen LogP contribution in [0.5, 0.6) is 11.5 Å². The first kappa shape index (κ1) is 20.0. The Bertz CT molecular complexity index is 976. The number of halogens is 1. The maximum absolute atomic E-state index is 13.8. The lowest BCUT2D eigenvalue weighted by Gasteiger charge is -2.17. The van der Waals surface area contributed by atoms with Crippen LogP contribution in [0.2, 0.25) is 0 Å². The van der Waals surface area contributed by atoms with Crippen molar-refractivity contribution in [1.29, 1.82) is 0 Å². The molecule has 0 radical (unpaired) electrons. The zero-order valence-corrected chi connectivity index (χ0v) is 16.8. The van der Waals surface area contributed by atoms with Gasteiger partial charge in [-0.05, 0) is 36.8 Å². The zero-order chi connectivity index (χ0) is 20.1. The summed E-state index contributed by atoms with van der Waals surface area (Å²) in [6, 6.07) is 10.3. The van der Waals surface area contributed by atoms with Crippen molar-refractivity contribution in [3.05, 3.63) is 47.8 Å². The number of ether oxygens (including phenoxy) is 2. The van der Waals surface area contributed by atoms with Crippen molar-refractivity contribution in [3.8, 4) is 11.5 Å². The number of aromatic amines is 1. The van der Waals surface area contributed by atoms with Gasteiger partial charge in [0.15, 0.2) is 16.7 Å².